The molecule has 0 bridgehead atoms. The molecular formula is C3H6O3-2. The third kappa shape index (κ3) is 3.88. The SMILES string of the molecule is COC(C)([O-])[O-]. The fourth-order valence-electron chi connectivity index (χ4n) is 0. The van der Waals surface area contributed by atoms with E-state index in [0.29, 0.717) is 0 Å². The van der Waals surface area contributed by atoms with Crippen molar-refractivity contribution < 1.29 is 14.9 Å². The molecule has 0 rings (SSSR count). The molecule has 3 nitrogen and oxygen atoms in total. The average Bonchev–Trinajstić information content (AvgIpc) is 1.35. The van der Waals surface area contributed by atoms with Crippen LogP contribution in [0.1, 0.15) is 6.92 Å². The lowest BCUT2D eigenvalue weighted by atomic mass is 10.7. The summed E-state index contributed by atoms with van der Waals surface area (Å²) in [7, 11) is 1.08. The molecule has 6 heavy (non-hydrogen) atoms. The highest BCUT2D eigenvalue weighted by Gasteiger charge is 1.80. The molecule has 0 N–H and O–H groups in total. The van der Waals surface area contributed by atoms with Crippen LogP contribution in [0.5, 0.6) is 0 Å². The van der Waals surface area contributed by atoms with Gasteiger partial charge >= 0.3 is 0 Å². The van der Waals surface area contributed by atoms with Gasteiger partial charge in [-0.15, -0.1) is 0 Å². The highest BCUT2D eigenvalue weighted by Crippen LogP contribution is 1.80. The van der Waals surface area contributed by atoms with Crippen molar-refractivity contribution in [3.8, 4) is 0 Å². The molecule has 0 aliphatic carbocycles. The number of ether oxygens (including phenoxy) is 1. The van der Waals surface area contributed by atoms with Gasteiger partial charge in [0, 0.05) is 7.11 Å². The number of methoxy groups -OCH3 is 1. The van der Waals surface area contributed by atoms with Crippen LogP contribution in [0.3, 0.4) is 0 Å². The zero-order chi connectivity index (χ0) is 5.21. The molecule has 0 aromatic carbocycles. The summed E-state index contributed by atoms with van der Waals surface area (Å²) in [5, 5.41) is 19.4. The molecule has 0 aliphatic heterocycles. The van der Waals surface area contributed by atoms with E-state index in [4.69, 9.17) is 0 Å². The Morgan fingerprint density at radius 1 is 1.50 bits per heavy atom. The quantitative estimate of drug-likeness (QED) is 0.351. The standard InChI is InChI=1S/C3H6O3/c1-3(4,5)6-2/h1-2H3/q-2. The summed E-state index contributed by atoms with van der Waals surface area (Å²) in [5.74, 6) is -2.46. The van der Waals surface area contributed by atoms with Crippen LogP contribution in [0.4, 0.5) is 0 Å². The maximum Gasteiger partial charge on any atom is 0.0325 e. The highest BCUT2D eigenvalue weighted by atomic mass is 16.8. The fraction of sp³-hybridized carbons (Fsp3) is 1.00. The lowest BCUT2D eigenvalue weighted by Gasteiger charge is -2.42. The summed E-state index contributed by atoms with van der Waals surface area (Å²) in [6.45, 7) is 0.910. The Morgan fingerprint density at radius 3 is 1.67 bits per heavy atom. The molecule has 0 saturated carbocycles. The maximum atomic E-state index is 9.69. The Morgan fingerprint density at radius 2 is 1.67 bits per heavy atom. The van der Waals surface area contributed by atoms with Gasteiger partial charge in [0.1, 0.15) is 0 Å². The average molecular weight is 90.1 g/mol. The Bertz CT molecular complexity index is 35.8. The van der Waals surface area contributed by atoms with E-state index in [0.717, 1.165) is 14.0 Å². The number of hydrogen-bond acceptors (Lipinski definition) is 3. The normalized spacial score (nSPS) is 12.0. The molecule has 0 spiro atoms. The van der Waals surface area contributed by atoms with E-state index in [1.807, 2.05) is 0 Å². The first-order chi connectivity index (χ1) is 2.56. The molecule has 0 amide bonds. The molecule has 0 atom stereocenters. The molecule has 0 heterocycles. The summed E-state index contributed by atoms with van der Waals surface area (Å²) in [4.78, 5) is 0. The van der Waals surface area contributed by atoms with Crippen LogP contribution in [-0.2, 0) is 4.74 Å². The predicted molar refractivity (Wildman–Crippen MR) is 15.4 cm³/mol. The molecule has 0 aliphatic rings. The third-order valence-electron chi connectivity index (χ3n) is 0.371. The van der Waals surface area contributed by atoms with Crippen LogP contribution in [0.15, 0.2) is 0 Å². The van der Waals surface area contributed by atoms with Crippen LogP contribution in [0, 0.1) is 0 Å². The van der Waals surface area contributed by atoms with Crippen molar-refractivity contribution in [1.29, 1.82) is 0 Å². The topological polar surface area (TPSA) is 55.3 Å². The Labute approximate surface area is 36.2 Å². The Balaban J connectivity index is 3.17. The maximum absolute atomic E-state index is 9.69. The molecule has 3 heteroatoms. The molecule has 38 valence electrons. The number of rotatable bonds is 1. The van der Waals surface area contributed by atoms with Crippen molar-refractivity contribution in [3.05, 3.63) is 0 Å². The first-order valence-electron chi connectivity index (χ1n) is 1.52. The minimum absolute atomic E-state index is 0.910. The summed E-state index contributed by atoms with van der Waals surface area (Å²) >= 11 is 0. The largest absolute Gasteiger partial charge is 0.842 e. The molecule has 0 fully saturated rings. The summed E-state index contributed by atoms with van der Waals surface area (Å²) in [6, 6.07) is 0. The van der Waals surface area contributed by atoms with Gasteiger partial charge in [0.2, 0.25) is 0 Å². The van der Waals surface area contributed by atoms with Crippen molar-refractivity contribution in [2.75, 3.05) is 7.11 Å². The third-order valence-corrected chi connectivity index (χ3v) is 0.371. The second kappa shape index (κ2) is 1.55. The van der Waals surface area contributed by atoms with E-state index in [1.165, 1.54) is 0 Å². The van der Waals surface area contributed by atoms with E-state index in [9.17, 15) is 10.2 Å². The van der Waals surface area contributed by atoms with E-state index in [1.54, 1.807) is 0 Å². The predicted octanol–water partition coefficient (Wildman–Crippen LogP) is -1.97. The van der Waals surface area contributed by atoms with Crippen LogP contribution < -0.4 is 10.2 Å². The van der Waals surface area contributed by atoms with Crippen LogP contribution in [-0.4, -0.2) is 13.1 Å². The smallest absolute Gasteiger partial charge is 0.0325 e. The fourth-order valence-corrected chi connectivity index (χ4v) is 0. The van der Waals surface area contributed by atoms with Crippen molar-refractivity contribution in [2.24, 2.45) is 0 Å². The highest BCUT2D eigenvalue weighted by molar-refractivity contribution is 4.21. The van der Waals surface area contributed by atoms with E-state index >= 15 is 0 Å². The van der Waals surface area contributed by atoms with Gasteiger partial charge in [-0.3, -0.25) is 0 Å². The van der Waals surface area contributed by atoms with Crippen LogP contribution >= 0.6 is 0 Å². The number of hydrogen-bond donors (Lipinski definition) is 0. The lowest BCUT2D eigenvalue weighted by molar-refractivity contribution is -0.776. The van der Waals surface area contributed by atoms with E-state index in [-0.39, 0.29) is 0 Å². The molecule has 0 saturated heterocycles. The van der Waals surface area contributed by atoms with Gasteiger partial charge < -0.3 is 14.9 Å². The van der Waals surface area contributed by atoms with Crippen LogP contribution in [0.25, 0.3) is 0 Å². The zero-order valence-corrected chi connectivity index (χ0v) is 3.72. The summed E-state index contributed by atoms with van der Waals surface area (Å²) < 4.78 is 3.83. The van der Waals surface area contributed by atoms with Crippen molar-refractivity contribution in [2.45, 2.75) is 12.9 Å². The summed E-state index contributed by atoms with van der Waals surface area (Å²) in [6.07, 6.45) is 0. The first kappa shape index (κ1) is 5.88. The lowest BCUT2D eigenvalue weighted by Crippen LogP contribution is -2.54. The van der Waals surface area contributed by atoms with E-state index in [2.05, 4.69) is 4.74 Å². The second-order valence-corrected chi connectivity index (χ2v) is 1.07. The first-order valence-corrected chi connectivity index (χ1v) is 1.52. The minimum Gasteiger partial charge on any atom is -0.842 e. The van der Waals surface area contributed by atoms with Gasteiger partial charge in [0.15, 0.2) is 0 Å². The van der Waals surface area contributed by atoms with Crippen molar-refractivity contribution >= 4 is 0 Å². The van der Waals surface area contributed by atoms with Crippen LogP contribution in [0.2, 0.25) is 0 Å². The second-order valence-electron chi connectivity index (χ2n) is 1.07. The molecular weight excluding hydrogens is 84.0 g/mol. The van der Waals surface area contributed by atoms with E-state index < -0.39 is 5.97 Å². The van der Waals surface area contributed by atoms with Gasteiger partial charge in [-0.25, -0.2) is 0 Å². The summed E-state index contributed by atoms with van der Waals surface area (Å²) in [5.41, 5.74) is 0. The molecule has 0 unspecified atom stereocenters. The Hall–Kier alpha value is -0.120. The van der Waals surface area contributed by atoms with Crippen molar-refractivity contribution in [3.63, 3.8) is 0 Å². The molecule has 0 aromatic heterocycles. The molecule has 0 radical (unpaired) electrons. The minimum atomic E-state index is -2.46. The Kier molecular flexibility index (Phi) is 1.52. The van der Waals surface area contributed by atoms with Crippen molar-refractivity contribution in [1.82, 2.24) is 0 Å². The van der Waals surface area contributed by atoms with Gasteiger partial charge in [0.05, 0.1) is 0 Å². The monoisotopic (exact) mass is 90.0 g/mol. The zero-order valence-electron chi connectivity index (χ0n) is 3.72. The van der Waals surface area contributed by atoms with Gasteiger partial charge in [-0.2, -0.15) is 0 Å². The van der Waals surface area contributed by atoms with Gasteiger partial charge in [-0.05, 0) is 0 Å². The molecule has 0 aromatic rings. The van der Waals surface area contributed by atoms with Gasteiger partial charge in [0.25, 0.3) is 0 Å². The van der Waals surface area contributed by atoms with Gasteiger partial charge in [-0.1, -0.05) is 12.9 Å².